The average molecular weight is 383 g/mol. The van der Waals surface area contributed by atoms with Gasteiger partial charge in [0.25, 0.3) is 5.91 Å². The van der Waals surface area contributed by atoms with Gasteiger partial charge in [-0.2, -0.15) is 0 Å². The summed E-state index contributed by atoms with van der Waals surface area (Å²) in [5, 5.41) is 12.4. The number of rotatable bonds is 3. The second-order valence-corrected chi connectivity index (χ2v) is 6.51. The van der Waals surface area contributed by atoms with Crippen LogP contribution in [0.4, 0.5) is 5.69 Å². The number of halogens is 2. The molecule has 4 rings (SSSR count). The van der Waals surface area contributed by atoms with Crippen LogP contribution in [0.3, 0.4) is 0 Å². The molecular formula is C19H12Cl2N4O. The molecule has 5 nitrogen and oxygen atoms in total. The lowest BCUT2D eigenvalue weighted by atomic mass is 10.2. The van der Waals surface area contributed by atoms with Gasteiger partial charge in [0.15, 0.2) is 11.5 Å². The zero-order valence-corrected chi connectivity index (χ0v) is 14.9. The monoisotopic (exact) mass is 382 g/mol. The summed E-state index contributed by atoms with van der Waals surface area (Å²) in [5.41, 5.74) is 2.61. The minimum Gasteiger partial charge on any atom is -0.322 e. The fraction of sp³-hybridized carbons (Fsp3) is 0. The molecular weight excluding hydrogens is 371 g/mol. The molecule has 26 heavy (non-hydrogen) atoms. The van der Waals surface area contributed by atoms with Crippen molar-refractivity contribution in [2.45, 2.75) is 0 Å². The number of amides is 1. The maximum Gasteiger partial charge on any atom is 0.257 e. The summed E-state index contributed by atoms with van der Waals surface area (Å²) in [6.45, 7) is 0. The van der Waals surface area contributed by atoms with Crippen LogP contribution in [0.1, 0.15) is 10.4 Å². The molecule has 0 radical (unpaired) electrons. The van der Waals surface area contributed by atoms with Crippen LogP contribution in [0.25, 0.3) is 17.0 Å². The summed E-state index contributed by atoms with van der Waals surface area (Å²) < 4.78 is 1.77. The van der Waals surface area contributed by atoms with E-state index in [2.05, 4.69) is 15.5 Å². The molecule has 0 saturated carbocycles. The second-order valence-electron chi connectivity index (χ2n) is 5.64. The van der Waals surface area contributed by atoms with Crippen molar-refractivity contribution in [1.29, 1.82) is 0 Å². The zero-order valence-electron chi connectivity index (χ0n) is 13.4. The summed E-state index contributed by atoms with van der Waals surface area (Å²) in [4.78, 5) is 12.6. The summed E-state index contributed by atoms with van der Waals surface area (Å²) in [6.07, 6.45) is 1.71. The number of anilines is 1. The van der Waals surface area contributed by atoms with Crippen LogP contribution in [0.2, 0.25) is 10.0 Å². The third-order valence-corrected chi connectivity index (χ3v) is 4.34. The van der Waals surface area contributed by atoms with E-state index in [1.54, 1.807) is 59.1 Å². The number of fused-ring (bicyclic) bond motifs is 1. The number of hydrogen-bond acceptors (Lipinski definition) is 3. The summed E-state index contributed by atoms with van der Waals surface area (Å²) in [5.74, 6) is 0.388. The Labute approximate surface area is 159 Å². The number of benzene rings is 2. The fourth-order valence-electron chi connectivity index (χ4n) is 2.59. The van der Waals surface area contributed by atoms with Gasteiger partial charge < -0.3 is 5.32 Å². The van der Waals surface area contributed by atoms with E-state index >= 15 is 0 Å². The van der Waals surface area contributed by atoms with Crippen LogP contribution in [0.15, 0.2) is 66.9 Å². The van der Waals surface area contributed by atoms with Crippen LogP contribution in [-0.2, 0) is 0 Å². The Balaban J connectivity index is 1.69. The number of pyridine rings is 1. The van der Waals surface area contributed by atoms with Crippen molar-refractivity contribution in [2.75, 3.05) is 5.32 Å². The molecule has 7 heteroatoms. The maximum absolute atomic E-state index is 12.6. The number of carbonyl (C=O) groups is 1. The van der Waals surface area contributed by atoms with Gasteiger partial charge in [-0.15, -0.1) is 10.2 Å². The van der Waals surface area contributed by atoms with Gasteiger partial charge in [0, 0.05) is 27.5 Å². The lowest BCUT2D eigenvalue weighted by Gasteiger charge is -2.07. The van der Waals surface area contributed by atoms with E-state index in [1.165, 1.54) is 0 Å². The Morgan fingerprint density at radius 3 is 2.50 bits per heavy atom. The van der Waals surface area contributed by atoms with Crippen LogP contribution < -0.4 is 5.32 Å². The van der Waals surface area contributed by atoms with Crippen LogP contribution in [0.5, 0.6) is 0 Å². The van der Waals surface area contributed by atoms with Gasteiger partial charge in [-0.25, -0.2) is 0 Å². The molecule has 0 atom stereocenters. The first-order valence-electron chi connectivity index (χ1n) is 7.78. The van der Waals surface area contributed by atoms with E-state index in [0.29, 0.717) is 32.8 Å². The average Bonchev–Trinajstić information content (AvgIpc) is 3.05. The van der Waals surface area contributed by atoms with E-state index in [1.807, 2.05) is 12.1 Å². The van der Waals surface area contributed by atoms with E-state index in [-0.39, 0.29) is 5.91 Å². The van der Waals surface area contributed by atoms with Gasteiger partial charge in [-0.1, -0.05) is 29.3 Å². The summed E-state index contributed by atoms with van der Waals surface area (Å²) >= 11 is 11.9. The number of nitrogens with zero attached hydrogens (tertiary/aromatic N) is 3. The van der Waals surface area contributed by atoms with Crippen molar-refractivity contribution in [3.63, 3.8) is 0 Å². The van der Waals surface area contributed by atoms with E-state index < -0.39 is 0 Å². The lowest BCUT2D eigenvalue weighted by Crippen LogP contribution is -2.12. The van der Waals surface area contributed by atoms with Crippen molar-refractivity contribution >= 4 is 40.4 Å². The van der Waals surface area contributed by atoms with Crippen LogP contribution in [0, 0.1) is 0 Å². The predicted octanol–water partition coefficient (Wildman–Crippen LogP) is 4.96. The molecule has 128 valence electrons. The van der Waals surface area contributed by atoms with E-state index in [0.717, 1.165) is 5.56 Å². The number of carbonyl (C=O) groups excluding carboxylic acids is 1. The van der Waals surface area contributed by atoms with E-state index in [4.69, 9.17) is 23.2 Å². The van der Waals surface area contributed by atoms with Gasteiger partial charge in [0.05, 0.1) is 5.56 Å². The number of hydrogen-bond donors (Lipinski definition) is 1. The summed E-state index contributed by atoms with van der Waals surface area (Å²) in [7, 11) is 0. The fourth-order valence-corrected chi connectivity index (χ4v) is 2.91. The first-order valence-corrected chi connectivity index (χ1v) is 8.53. The second kappa shape index (κ2) is 6.78. The van der Waals surface area contributed by atoms with E-state index in [9.17, 15) is 4.79 Å². The number of aromatic nitrogens is 3. The molecule has 0 aliphatic rings. The highest BCUT2D eigenvalue weighted by molar-refractivity contribution is 6.31. The molecule has 2 aromatic carbocycles. The standard InChI is InChI=1S/C19H12Cl2N4O/c20-14-7-4-12(5-8-14)18-24-23-17-9-6-13(11-25(17)18)19(26)22-16-3-1-2-15(21)10-16/h1-11H,(H,22,26). The zero-order chi connectivity index (χ0) is 18.1. The van der Waals surface area contributed by atoms with Gasteiger partial charge in [-0.3, -0.25) is 9.20 Å². The molecule has 0 bridgehead atoms. The largest absolute Gasteiger partial charge is 0.322 e. The van der Waals surface area contributed by atoms with Crippen LogP contribution in [-0.4, -0.2) is 20.5 Å². The van der Waals surface area contributed by atoms with Crippen molar-refractivity contribution in [3.8, 4) is 11.4 Å². The smallest absolute Gasteiger partial charge is 0.257 e. The Morgan fingerprint density at radius 1 is 0.923 bits per heavy atom. The highest BCUT2D eigenvalue weighted by Crippen LogP contribution is 2.22. The molecule has 4 aromatic rings. The van der Waals surface area contributed by atoms with Crippen molar-refractivity contribution in [3.05, 3.63) is 82.5 Å². The minimum atomic E-state index is -0.245. The van der Waals surface area contributed by atoms with Crippen molar-refractivity contribution < 1.29 is 4.79 Å². The SMILES string of the molecule is O=C(Nc1cccc(Cl)c1)c1ccc2nnc(-c3ccc(Cl)cc3)n2c1. The first kappa shape index (κ1) is 16.6. The molecule has 1 N–H and O–H groups in total. The lowest BCUT2D eigenvalue weighted by molar-refractivity contribution is 0.102. The maximum atomic E-state index is 12.6. The van der Waals surface area contributed by atoms with Gasteiger partial charge in [0.1, 0.15) is 0 Å². The molecule has 0 aliphatic carbocycles. The molecule has 0 spiro atoms. The normalized spacial score (nSPS) is 10.8. The van der Waals surface area contributed by atoms with Crippen molar-refractivity contribution in [1.82, 2.24) is 14.6 Å². The van der Waals surface area contributed by atoms with Gasteiger partial charge >= 0.3 is 0 Å². The van der Waals surface area contributed by atoms with Crippen LogP contribution >= 0.6 is 23.2 Å². The molecule has 0 aliphatic heterocycles. The molecule has 0 fully saturated rings. The Hall–Kier alpha value is -2.89. The molecule has 2 heterocycles. The highest BCUT2D eigenvalue weighted by Gasteiger charge is 2.12. The quantitative estimate of drug-likeness (QED) is 0.544. The van der Waals surface area contributed by atoms with Gasteiger partial charge in [0.2, 0.25) is 0 Å². The minimum absolute atomic E-state index is 0.245. The Morgan fingerprint density at radius 2 is 1.73 bits per heavy atom. The third-order valence-electron chi connectivity index (χ3n) is 3.85. The molecule has 0 saturated heterocycles. The Bertz CT molecular complexity index is 1110. The summed E-state index contributed by atoms with van der Waals surface area (Å²) in [6, 6.07) is 17.7. The molecule has 1 amide bonds. The third kappa shape index (κ3) is 3.27. The number of nitrogens with one attached hydrogen (secondary N) is 1. The molecule has 0 unspecified atom stereocenters. The predicted molar refractivity (Wildman–Crippen MR) is 103 cm³/mol. The topological polar surface area (TPSA) is 59.3 Å². The van der Waals surface area contributed by atoms with Crippen molar-refractivity contribution in [2.24, 2.45) is 0 Å². The first-order chi connectivity index (χ1) is 12.6. The molecule has 2 aromatic heterocycles. The van der Waals surface area contributed by atoms with Gasteiger partial charge in [-0.05, 0) is 54.6 Å². The highest BCUT2D eigenvalue weighted by atomic mass is 35.5. The Kier molecular flexibility index (Phi) is 4.32.